The number of hydrogen-bond acceptors (Lipinski definition) is 5. The van der Waals surface area contributed by atoms with Crippen LogP contribution < -0.4 is 10.9 Å². The zero-order valence-corrected chi connectivity index (χ0v) is 14.5. The standard InChI is InChI=1S/C20H14N2O3S/c23-19(15-11-14-4-1-2-5-17(14)25-20(15)24)22-12-13-7-8-21-16(10-13)18-6-3-9-26-18/h1-11H,12H2,(H,22,23). The lowest BCUT2D eigenvalue weighted by molar-refractivity contribution is 0.0947. The van der Waals surface area contributed by atoms with E-state index in [-0.39, 0.29) is 5.56 Å². The molecule has 4 rings (SSSR count). The summed E-state index contributed by atoms with van der Waals surface area (Å²) < 4.78 is 5.21. The number of nitrogens with one attached hydrogen (secondary N) is 1. The number of pyridine rings is 1. The second kappa shape index (κ2) is 6.93. The van der Waals surface area contributed by atoms with Crippen molar-refractivity contribution >= 4 is 28.2 Å². The molecule has 3 heterocycles. The number of rotatable bonds is 4. The molecule has 6 heteroatoms. The summed E-state index contributed by atoms with van der Waals surface area (Å²) in [7, 11) is 0. The van der Waals surface area contributed by atoms with Crippen LogP contribution in [0.1, 0.15) is 15.9 Å². The van der Waals surface area contributed by atoms with Gasteiger partial charge in [-0.1, -0.05) is 24.3 Å². The van der Waals surface area contributed by atoms with Crippen LogP contribution in [-0.2, 0) is 6.54 Å². The minimum Gasteiger partial charge on any atom is -0.422 e. The maximum atomic E-state index is 12.4. The number of benzene rings is 1. The van der Waals surface area contributed by atoms with Crippen molar-refractivity contribution in [3.8, 4) is 10.6 Å². The molecule has 1 amide bonds. The lowest BCUT2D eigenvalue weighted by Gasteiger charge is -2.06. The van der Waals surface area contributed by atoms with E-state index in [2.05, 4.69) is 10.3 Å². The molecule has 0 saturated heterocycles. The summed E-state index contributed by atoms with van der Waals surface area (Å²) in [6, 6.07) is 16.4. The highest BCUT2D eigenvalue weighted by atomic mass is 32.1. The summed E-state index contributed by atoms with van der Waals surface area (Å²) in [5.74, 6) is -0.459. The monoisotopic (exact) mass is 362 g/mol. The second-order valence-corrected chi connectivity index (χ2v) is 6.64. The normalized spacial score (nSPS) is 10.8. The Hall–Kier alpha value is -3.25. The molecular formula is C20H14N2O3S. The summed E-state index contributed by atoms with van der Waals surface area (Å²) in [5, 5.41) is 5.47. The molecule has 26 heavy (non-hydrogen) atoms. The van der Waals surface area contributed by atoms with Crippen LogP contribution in [0, 0.1) is 0 Å². The Balaban J connectivity index is 1.53. The van der Waals surface area contributed by atoms with Gasteiger partial charge in [-0.3, -0.25) is 9.78 Å². The molecule has 4 aromatic rings. The highest BCUT2D eigenvalue weighted by Crippen LogP contribution is 2.23. The highest BCUT2D eigenvalue weighted by molar-refractivity contribution is 7.13. The van der Waals surface area contributed by atoms with Crippen LogP contribution >= 0.6 is 11.3 Å². The SMILES string of the molecule is O=C(NCc1ccnc(-c2cccs2)c1)c1cc2ccccc2oc1=O. The van der Waals surface area contributed by atoms with E-state index in [1.165, 1.54) is 0 Å². The van der Waals surface area contributed by atoms with E-state index in [4.69, 9.17) is 4.42 Å². The van der Waals surface area contributed by atoms with Crippen molar-refractivity contribution in [2.24, 2.45) is 0 Å². The first-order valence-corrected chi connectivity index (χ1v) is 8.88. The predicted molar refractivity (Wildman–Crippen MR) is 101 cm³/mol. The minimum absolute atomic E-state index is 0.00348. The summed E-state index contributed by atoms with van der Waals surface area (Å²) in [6.45, 7) is 0.298. The van der Waals surface area contributed by atoms with Crippen LogP contribution in [-0.4, -0.2) is 10.9 Å². The smallest absolute Gasteiger partial charge is 0.349 e. The Bertz CT molecular complexity index is 1130. The van der Waals surface area contributed by atoms with E-state index in [0.717, 1.165) is 16.1 Å². The largest absolute Gasteiger partial charge is 0.422 e. The van der Waals surface area contributed by atoms with Gasteiger partial charge in [0.25, 0.3) is 5.91 Å². The van der Waals surface area contributed by atoms with Gasteiger partial charge >= 0.3 is 5.63 Å². The molecule has 0 fully saturated rings. The summed E-state index contributed by atoms with van der Waals surface area (Å²) in [5.41, 5.74) is 1.58. The molecule has 1 N–H and O–H groups in total. The number of para-hydroxylation sites is 1. The lowest BCUT2D eigenvalue weighted by Crippen LogP contribution is -2.27. The lowest BCUT2D eigenvalue weighted by atomic mass is 10.1. The first kappa shape index (κ1) is 16.2. The molecule has 3 aromatic heterocycles. The van der Waals surface area contributed by atoms with E-state index >= 15 is 0 Å². The third-order valence-electron chi connectivity index (χ3n) is 3.94. The average molecular weight is 362 g/mol. The van der Waals surface area contributed by atoms with Gasteiger partial charge in [-0.25, -0.2) is 4.79 Å². The minimum atomic E-state index is -0.643. The molecule has 0 aliphatic carbocycles. The van der Waals surface area contributed by atoms with Crippen LogP contribution in [0.5, 0.6) is 0 Å². The van der Waals surface area contributed by atoms with Gasteiger partial charge in [-0.15, -0.1) is 11.3 Å². The Morgan fingerprint density at radius 3 is 2.85 bits per heavy atom. The van der Waals surface area contributed by atoms with Crippen molar-refractivity contribution < 1.29 is 9.21 Å². The first-order chi connectivity index (χ1) is 12.7. The quantitative estimate of drug-likeness (QED) is 0.560. The van der Waals surface area contributed by atoms with Crippen molar-refractivity contribution in [3.63, 3.8) is 0 Å². The highest BCUT2D eigenvalue weighted by Gasteiger charge is 2.13. The molecular weight excluding hydrogens is 348 g/mol. The fraction of sp³-hybridized carbons (Fsp3) is 0.0500. The van der Waals surface area contributed by atoms with Crippen LogP contribution in [0.25, 0.3) is 21.5 Å². The van der Waals surface area contributed by atoms with E-state index in [1.807, 2.05) is 35.7 Å². The molecule has 0 aliphatic heterocycles. The van der Waals surface area contributed by atoms with Gasteiger partial charge in [-0.05, 0) is 41.3 Å². The number of nitrogens with zero attached hydrogens (tertiary/aromatic N) is 1. The summed E-state index contributed by atoms with van der Waals surface area (Å²) in [6.07, 6.45) is 1.71. The number of thiophene rings is 1. The molecule has 0 atom stereocenters. The maximum absolute atomic E-state index is 12.4. The number of carbonyl (C=O) groups excluding carboxylic acids is 1. The summed E-state index contributed by atoms with van der Waals surface area (Å²) in [4.78, 5) is 29.9. The molecule has 1 aromatic carbocycles. The van der Waals surface area contributed by atoms with Crippen molar-refractivity contribution in [2.75, 3.05) is 0 Å². The van der Waals surface area contributed by atoms with E-state index < -0.39 is 11.5 Å². The van der Waals surface area contributed by atoms with E-state index in [1.54, 1.807) is 41.8 Å². The Morgan fingerprint density at radius 2 is 2.00 bits per heavy atom. The number of hydrogen-bond donors (Lipinski definition) is 1. The van der Waals surface area contributed by atoms with Crippen LogP contribution in [0.2, 0.25) is 0 Å². The maximum Gasteiger partial charge on any atom is 0.349 e. The van der Waals surface area contributed by atoms with E-state index in [9.17, 15) is 9.59 Å². The zero-order valence-electron chi connectivity index (χ0n) is 13.6. The summed E-state index contributed by atoms with van der Waals surface area (Å²) >= 11 is 1.61. The van der Waals surface area contributed by atoms with Gasteiger partial charge in [-0.2, -0.15) is 0 Å². The molecule has 0 saturated carbocycles. The Morgan fingerprint density at radius 1 is 1.12 bits per heavy atom. The fourth-order valence-electron chi connectivity index (χ4n) is 2.64. The third-order valence-corrected chi connectivity index (χ3v) is 4.83. The van der Waals surface area contributed by atoms with Crippen molar-refractivity contribution in [3.05, 3.63) is 87.7 Å². The molecule has 0 radical (unpaired) electrons. The second-order valence-electron chi connectivity index (χ2n) is 5.69. The van der Waals surface area contributed by atoms with Crippen LogP contribution in [0.4, 0.5) is 0 Å². The zero-order chi connectivity index (χ0) is 17.9. The van der Waals surface area contributed by atoms with Crippen molar-refractivity contribution in [2.45, 2.75) is 6.54 Å². The number of amides is 1. The van der Waals surface area contributed by atoms with E-state index in [0.29, 0.717) is 17.5 Å². The molecule has 5 nitrogen and oxygen atoms in total. The molecule has 0 spiro atoms. The van der Waals surface area contributed by atoms with Gasteiger partial charge < -0.3 is 9.73 Å². The van der Waals surface area contributed by atoms with Gasteiger partial charge in [0.1, 0.15) is 11.1 Å². The molecule has 128 valence electrons. The van der Waals surface area contributed by atoms with Gasteiger partial charge in [0, 0.05) is 18.1 Å². The molecule has 0 aliphatic rings. The Labute approximate surface area is 152 Å². The Kier molecular flexibility index (Phi) is 4.33. The van der Waals surface area contributed by atoms with Crippen molar-refractivity contribution in [1.29, 1.82) is 0 Å². The predicted octanol–water partition coefficient (Wildman–Crippen LogP) is 3.85. The number of carbonyl (C=O) groups is 1. The topological polar surface area (TPSA) is 72.2 Å². The average Bonchev–Trinajstić information content (AvgIpc) is 3.20. The van der Waals surface area contributed by atoms with Crippen LogP contribution in [0.15, 0.2) is 75.4 Å². The van der Waals surface area contributed by atoms with Crippen molar-refractivity contribution in [1.82, 2.24) is 10.3 Å². The first-order valence-electron chi connectivity index (χ1n) is 8.00. The molecule has 0 unspecified atom stereocenters. The molecule has 0 bridgehead atoms. The van der Waals surface area contributed by atoms with Gasteiger partial charge in [0.15, 0.2) is 0 Å². The van der Waals surface area contributed by atoms with Gasteiger partial charge in [0.05, 0.1) is 10.6 Å². The third kappa shape index (κ3) is 3.27. The fourth-order valence-corrected chi connectivity index (χ4v) is 3.33. The number of aromatic nitrogens is 1. The van der Waals surface area contributed by atoms with Gasteiger partial charge in [0.2, 0.25) is 0 Å². The van der Waals surface area contributed by atoms with Crippen LogP contribution in [0.3, 0.4) is 0 Å². The number of fused-ring (bicyclic) bond motifs is 1.